The number of hydrogen-bond donors (Lipinski definition) is 0. The Balaban J connectivity index is 2.36. The van der Waals surface area contributed by atoms with Gasteiger partial charge in [0.1, 0.15) is 5.82 Å². The predicted octanol–water partition coefficient (Wildman–Crippen LogP) is 3.36. The topological polar surface area (TPSA) is 34.9 Å². The standard InChI is InChI=1S/C15H12N2O/c1-11(18)17-14-10-6-5-9-13(14)16-15(17)12-7-3-2-4-8-12/h2-10H,1H3. The molecule has 2 aromatic carbocycles. The molecule has 0 bridgehead atoms. The number of rotatable bonds is 1. The lowest BCUT2D eigenvalue weighted by Gasteiger charge is -2.04. The Labute approximate surface area is 105 Å². The van der Waals surface area contributed by atoms with E-state index in [0.717, 1.165) is 16.6 Å². The van der Waals surface area contributed by atoms with E-state index >= 15 is 0 Å². The van der Waals surface area contributed by atoms with Crippen LogP contribution in [0.5, 0.6) is 0 Å². The van der Waals surface area contributed by atoms with Crippen molar-refractivity contribution in [2.75, 3.05) is 0 Å². The Morgan fingerprint density at radius 1 is 1.00 bits per heavy atom. The van der Waals surface area contributed by atoms with Crippen molar-refractivity contribution in [2.45, 2.75) is 6.92 Å². The fraction of sp³-hybridized carbons (Fsp3) is 0.0667. The Morgan fingerprint density at radius 3 is 2.39 bits per heavy atom. The molecule has 0 amide bonds. The number of fused-ring (bicyclic) bond motifs is 1. The van der Waals surface area contributed by atoms with Crippen LogP contribution in [0.15, 0.2) is 54.6 Å². The van der Waals surface area contributed by atoms with Gasteiger partial charge in [0.15, 0.2) is 0 Å². The highest BCUT2D eigenvalue weighted by molar-refractivity contribution is 5.93. The van der Waals surface area contributed by atoms with Gasteiger partial charge in [-0.3, -0.25) is 9.36 Å². The molecule has 0 spiro atoms. The van der Waals surface area contributed by atoms with E-state index in [0.29, 0.717) is 5.82 Å². The van der Waals surface area contributed by atoms with Crippen LogP contribution >= 0.6 is 0 Å². The molecule has 0 radical (unpaired) electrons. The number of hydrogen-bond acceptors (Lipinski definition) is 2. The summed E-state index contributed by atoms with van der Waals surface area (Å²) in [5.74, 6) is 0.673. The first kappa shape index (κ1) is 10.7. The summed E-state index contributed by atoms with van der Waals surface area (Å²) in [5.41, 5.74) is 2.64. The van der Waals surface area contributed by atoms with Crippen LogP contribution in [0.4, 0.5) is 0 Å². The second-order valence-corrected chi connectivity index (χ2v) is 4.14. The van der Waals surface area contributed by atoms with Crippen molar-refractivity contribution >= 4 is 16.9 Å². The van der Waals surface area contributed by atoms with E-state index in [1.165, 1.54) is 0 Å². The maximum absolute atomic E-state index is 11.8. The lowest BCUT2D eigenvalue weighted by atomic mass is 10.2. The molecule has 0 saturated heterocycles. The van der Waals surface area contributed by atoms with E-state index < -0.39 is 0 Å². The van der Waals surface area contributed by atoms with Crippen LogP contribution in [-0.2, 0) is 0 Å². The molecular formula is C15H12N2O. The van der Waals surface area contributed by atoms with E-state index in [2.05, 4.69) is 4.98 Å². The second-order valence-electron chi connectivity index (χ2n) is 4.14. The predicted molar refractivity (Wildman–Crippen MR) is 71.5 cm³/mol. The van der Waals surface area contributed by atoms with E-state index in [1.54, 1.807) is 11.5 Å². The summed E-state index contributed by atoms with van der Waals surface area (Å²) in [6.45, 7) is 1.56. The fourth-order valence-electron chi connectivity index (χ4n) is 2.13. The molecule has 0 atom stereocenters. The van der Waals surface area contributed by atoms with Crippen LogP contribution in [0.2, 0.25) is 0 Å². The van der Waals surface area contributed by atoms with Gasteiger partial charge in [-0.05, 0) is 12.1 Å². The summed E-state index contributed by atoms with van der Waals surface area (Å²) in [7, 11) is 0. The minimum absolute atomic E-state index is 0.0254. The molecule has 18 heavy (non-hydrogen) atoms. The molecule has 3 rings (SSSR count). The molecule has 0 fully saturated rings. The van der Waals surface area contributed by atoms with Crippen LogP contribution in [0, 0.1) is 0 Å². The average molecular weight is 236 g/mol. The molecule has 0 aliphatic rings. The van der Waals surface area contributed by atoms with Crippen molar-refractivity contribution in [2.24, 2.45) is 0 Å². The summed E-state index contributed by atoms with van der Waals surface area (Å²) in [5, 5.41) is 0. The number of carbonyl (C=O) groups is 1. The quantitative estimate of drug-likeness (QED) is 0.649. The third-order valence-electron chi connectivity index (χ3n) is 2.91. The summed E-state index contributed by atoms with van der Waals surface area (Å²) >= 11 is 0. The molecule has 3 nitrogen and oxygen atoms in total. The van der Waals surface area contributed by atoms with Gasteiger partial charge in [0.25, 0.3) is 0 Å². The average Bonchev–Trinajstić information content (AvgIpc) is 2.79. The summed E-state index contributed by atoms with van der Waals surface area (Å²) in [6.07, 6.45) is 0. The zero-order valence-electron chi connectivity index (χ0n) is 10.00. The van der Waals surface area contributed by atoms with Gasteiger partial charge in [-0.1, -0.05) is 42.5 Å². The van der Waals surface area contributed by atoms with Gasteiger partial charge in [-0.25, -0.2) is 4.98 Å². The van der Waals surface area contributed by atoms with Crippen molar-refractivity contribution in [3.63, 3.8) is 0 Å². The zero-order chi connectivity index (χ0) is 12.5. The minimum atomic E-state index is -0.0254. The number of para-hydroxylation sites is 2. The highest BCUT2D eigenvalue weighted by Gasteiger charge is 2.14. The maximum atomic E-state index is 11.8. The van der Waals surface area contributed by atoms with Crippen LogP contribution in [-0.4, -0.2) is 15.5 Å². The van der Waals surface area contributed by atoms with Crippen molar-refractivity contribution < 1.29 is 4.79 Å². The van der Waals surface area contributed by atoms with Crippen LogP contribution < -0.4 is 0 Å². The SMILES string of the molecule is CC(=O)n1c(-c2ccccc2)nc2ccccc21. The number of imidazole rings is 1. The van der Waals surface area contributed by atoms with Crippen molar-refractivity contribution in [3.8, 4) is 11.4 Å². The van der Waals surface area contributed by atoms with E-state index in [-0.39, 0.29) is 5.91 Å². The van der Waals surface area contributed by atoms with Gasteiger partial charge in [-0.2, -0.15) is 0 Å². The van der Waals surface area contributed by atoms with Crippen LogP contribution in [0.3, 0.4) is 0 Å². The van der Waals surface area contributed by atoms with Gasteiger partial charge in [-0.15, -0.1) is 0 Å². The Kier molecular flexibility index (Phi) is 2.45. The first-order chi connectivity index (χ1) is 8.77. The number of carbonyl (C=O) groups excluding carboxylic acids is 1. The molecule has 0 unspecified atom stereocenters. The van der Waals surface area contributed by atoms with Crippen molar-refractivity contribution in [3.05, 3.63) is 54.6 Å². The maximum Gasteiger partial charge on any atom is 0.229 e. The Hall–Kier alpha value is -2.42. The minimum Gasteiger partial charge on any atom is -0.274 e. The molecular weight excluding hydrogens is 224 g/mol. The van der Waals surface area contributed by atoms with E-state index in [4.69, 9.17) is 0 Å². The van der Waals surface area contributed by atoms with Gasteiger partial charge in [0.05, 0.1) is 11.0 Å². The second kappa shape index (κ2) is 4.11. The molecule has 0 N–H and O–H groups in total. The molecule has 1 aromatic heterocycles. The molecule has 0 aliphatic heterocycles. The molecule has 1 heterocycles. The lowest BCUT2D eigenvalue weighted by molar-refractivity contribution is 0.0943. The van der Waals surface area contributed by atoms with Gasteiger partial charge < -0.3 is 0 Å². The van der Waals surface area contributed by atoms with Gasteiger partial charge in [0.2, 0.25) is 5.91 Å². The summed E-state index contributed by atoms with van der Waals surface area (Å²) in [6, 6.07) is 17.4. The lowest BCUT2D eigenvalue weighted by Crippen LogP contribution is -2.07. The van der Waals surface area contributed by atoms with Gasteiger partial charge in [0, 0.05) is 12.5 Å². The smallest absolute Gasteiger partial charge is 0.229 e. The van der Waals surface area contributed by atoms with Gasteiger partial charge >= 0.3 is 0 Å². The summed E-state index contributed by atoms with van der Waals surface area (Å²) < 4.78 is 1.66. The van der Waals surface area contributed by atoms with Crippen LogP contribution in [0.25, 0.3) is 22.4 Å². The molecule has 88 valence electrons. The normalized spacial score (nSPS) is 10.7. The number of aromatic nitrogens is 2. The highest BCUT2D eigenvalue weighted by Crippen LogP contribution is 2.24. The number of nitrogens with zero attached hydrogens (tertiary/aromatic N) is 2. The molecule has 0 saturated carbocycles. The largest absolute Gasteiger partial charge is 0.274 e. The zero-order valence-corrected chi connectivity index (χ0v) is 10.00. The summed E-state index contributed by atoms with van der Waals surface area (Å²) in [4.78, 5) is 16.4. The molecule has 3 aromatic rings. The monoisotopic (exact) mass is 236 g/mol. The van der Waals surface area contributed by atoms with Crippen LogP contribution in [0.1, 0.15) is 11.7 Å². The van der Waals surface area contributed by atoms with Crippen molar-refractivity contribution in [1.29, 1.82) is 0 Å². The Bertz CT molecular complexity index is 714. The number of benzene rings is 2. The van der Waals surface area contributed by atoms with E-state index in [9.17, 15) is 4.79 Å². The van der Waals surface area contributed by atoms with E-state index in [1.807, 2.05) is 54.6 Å². The fourth-order valence-corrected chi connectivity index (χ4v) is 2.13. The first-order valence-electron chi connectivity index (χ1n) is 5.81. The molecule has 0 aliphatic carbocycles. The highest BCUT2D eigenvalue weighted by atomic mass is 16.1. The first-order valence-corrected chi connectivity index (χ1v) is 5.81. The van der Waals surface area contributed by atoms with Crippen molar-refractivity contribution in [1.82, 2.24) is 9.55 Å². The third-order valence-corrected chi connectivity index (χ3v) is 2.91. The Morgan fingerprint density at radius 2 is 1.67 bits per heavy atom. The third kappa shape index (κ3) is 1.61. The molecule has 3 heteroatoms.